The molecular formula is C16H17ClF3N3O2. The van der Waals surface area contributed by atoms with Gasteiger partial charge >= 0.3 is 12.2 Å². The molecule has 3 amide bonds. The lowest BCUT2D eigenvalue weighted by Gasteiger charge is -2.66. The molecule has 3 aliphatic carbocycles. The van der Waals surface area contributed by atoms with Crippen molar-refractivity contribution in [1.82, 2.24) is 10.2 Å². The molecule has 1 aromatic carbocycles. The number of nitrogens with one attached hydrogen (secondary N) is 1. The number of hydrogen-bond donors (Lipinski definition) is 2. The summed E-state index contributed by atoms with van der Waals surface area (Å²) in [5.41, 5.74) is 4.12. The molecule has 25 heavy (non-hydrogen) atoms. The van der Waals surface area contributed by atoms with E-state index in [9.17, 15) is 22.8 Å². The van der Waals surface area contributed by atoms with Crippen LogP contribution >= 0.6 is 11.6 Å². The van der Waals surface area contributed by atoms with E-state index < -0.39 is 17.8 Å². The number of amides is 3. The quantitative estimate of drug-likeness (QED) is 0.830. The molecule has 5 nitrogen and oxygen atoms in total. The molecule has 0 spiro atoms. The molecule has 136 valence electrons. The SMILES string of the molecule is NC(=O)NCC(=O)N(Cc1cc(Cl)cc(C(F)(F)F)c1)C12CC(C1)C2. The number of primary amides is 1. The van der Waals surface area contributed by atoms with E-state index in [1.807, 2.05) is 0 Å². The number of carbonyl (C=O) groups is 2. The number of hydrogen-bond acceptors (Lipinski definition) is 2. The Labute approximate surface area is 147 Å². The molecular weight excluding hydrogens is 359 g/mol. The Kier molecular flexibility index (Phi) is 4.35. The Bertz CT molecular complexity index is 706. The Morgan fingerprint density at radius 3 is 2.40 bits per heavy atom. The van der Waals surface area contributed by atoms with Crippen molar-refractivity contribution in [3.05, 3.63) is 34.3 Å². The topological polar surface area (TPSA) is 75.4 Å². The highest BCUT2D eigenvalue weighted by atomic mass is 35.5. The van der Waals surface area contributed by atoms with Crippen molar-refractivity contribution in [2.24, 2.45) is 11.7 Å². The second-order valence-electron chi connectivity index (χ2n) is 6.75. The number of carbonyl (C=O) groups excluding carboxylic acids is 2. The molecule has 0 unspecified atom stereocenters. The third kappa shape index (κ3) is 3.53. The fraction of sp³-hybridized carbons (Fsp3) is 0.500. The zero-order valence-electron chi connectivity index (χ0n) is 13.2. The number of rotatable bonds is 5. The van der Waals surface area contributed by atoms with Crippen LogP contribution in [-0.4, -0.2) is 28.9 Å². The zero-order chi connectivity index (χ0) is 18.4. The predicted molar refractivity (Wildman–Crippen MR) is 84.7 cm³/mol. The molecule has 0 saturated heterocycles. The summed E-state index contributed by atoms with van der Waals surface area (Å²) in [5, 5.41) is 2.20. The fourth-order valence-electron chi connectivity index (χ4n) is 3.63. The van der Waals surface area contributed by atoms with Gasteiger partial charge in [-0.1, -0.05) is 11.6 Å². The number of urea groups is 1. The van der Waals surface area contributed by atoms with Crippen LogP contribution in [0.3, 0.4) is 0 Å². The van der Waals surface area contributed by atoms with Crippen molar-refractivity contribution in [2.45, 2.75) is 37.5 Å². The molecule has 3 saturated carbocycles. The van der Waals surface area contributed by atoms with Gasteiger partial charge in [-0.2, -0.15) is 13.2 Å². The van der Waals surface area contributed by atoms with Crippen molar-refractivity contribution in [1.29, 1.82) is 0 Å². The molecule has 0 aliphatic heterocycles. The monoisotopic (exact) mass is 375 g/mol. The van der Waals surface area contributed by atoms with Gasteiger partial charge in [0.05, 0.1) is 12.1 Å². The summed E-state index contributed by atoms with van der Waals surface area (Å²) in [6, 6.07) is 2.45. The van der Waals surface area contributed by atoms with Gasteiger partial charge in [0, 0.05) is 17.1 Å². The zero-order valence-corrected chi connectivity index (χ0v) is 14.0. The first kappa shape index (κ1) is 17.8. The van der Waals surface area contributed by atoms with E-state index in [2.05, 4.69) is 5.32 Å². The maximum Gasteiger partial charge on any atom is 0.416 e. The highest BCUT2D eigenvalue weighted by Gasteiger charge is 2.61. The minimum atomic E-state index is -4.52. The van der Waals surface area contributed by atoms with Crippen LogP contribution in [0, 0.1) is 5.92 Å². The normalized spacial score (nSPS) is 24.1. The van der Waals surface area contributed by atoms with Crippen LogP contribution in [0.4, 0.5) is 18.0 Å². The van der Waals surface area contributed by atoms with E-state index in [4.69, 9.17) is 17.3 Å². The van der Waals surface area contributed by atoms with Gasteiger partial charge < -0.3 is 16.0 Å². The fourth-order valence-corrected chi connectivity index (χ4v) is 3.89. The molecule has 0 aromatic heterocycles. The summed E-state index contributed by atoms with van der Waals surface area (Å²) >= 11 is 5.82. The largest absolute Gasteiger partial charge is 0.416 e. The molecule has 3 fully saturated rings. The van der Waals surface area contributed by atoms with E-state index in [0.717, 1.165) is 31.4 Å². The Hall–Kier alpha value is -1.96. The smallest absolute Gasteiger partial charge is 0.352 e. The van der Waals surface area contributed by atoms with Gasteiger partial charge in [-0.3, -0.25) is 4.79 Å². The lowest BCUT2D eigenvalue weighted by Crippen LogP contribution is -2.70. The first-order chi connectivity index (χ1) is 11.6. The summed E-state index contributed by atoms with van der Waals surface area (Å²) in [6.45, 7) is -0.274. The Balaban J connectivity index is 1.82. The van der Waals surface area contributed by atoms with Crippen molar-refractivity contribution in [3.63, 3.8) is 0 Å². The first-order valence-corrected chi connectivity index (χ1v) is 8.17. The molecule has 0 atom stereocenters. The van der Waals surface area contributed by atoms with Gasteiger partial charge in [0.15, 0.2) is 0 Å². The minimum Gasteiger partial charge on any atom is -0.352 e. The maximum absolute atomic E-state index is 13.0. The third-order valence-electron chi connectivity index (χ3n) is 4.92. The highest BCUT2D eigenvalue weighted by Crippen LogP contribution is 2.60. The first-order valence-electron chi connectivity index (χ1n) is 7.79. The standard InChI is InChI=1S/C16H17ClF3N3O2/c17-12-2-9(1-11(3-12)16(18,19)20)8-23(13(24)7-22-14(21)25)15-4-10(5-15)6-15/h1-3,10H,4-8H2,(H3,21,22,25). The van der Waals surface area contributed by atoms with E-state index in [1.165, 1.54) is 6.07 Å². The second-order valence-corrected chi connectivity index (χ2v) is 7.18. The highest BCUT2D eigenvalue weighted by molar-refractivity contribution is 6.30. The minimum absolute atomic E-state index is 0.00956. The Morgan fingerprint density at radius 1 is 1.28 bits per heavy atom. The molecule has 1 aromatic rings. The van der Waals surface area contributed by atoms with Crippen LogP contribution in [0.2, 0.25) is 5.02 Å². The number of benzene rings is 1. The van der Waals surface area contributed by atoms with Crippen molar-refractivity contribution < 1.29 is 22.8 Å². The van der Waals surface area contributed by atoms with Gasteiger partial charge in [0.2, 0.25) is 5.91 Å². The third-order valence-corrected chi connectivity index (χ3v) is 5.14. The molecule has 3 aliphatic rings. The average Bonchev–Trinajstić information content (AvgIpc) is 2.39. The second kappa shape index (κ2) is 6.09. The van der Waals surface area contributed by atoms with Gasteiger partial charge in [0.1, 0.15) is 0 Å². The van der Waals surface area contributed by atoms with Crippen LogP contribution in [0.15, 0.2) is 18.2 Å². The van der Waals surface area contributed by atoms with Gasteiger partial charge in [-0.25, -0.2) is 4.79 Å². The van der Waals surface area contributed by atoms with Crippen molar-refractivity contribution in [2.75, 3.05) is 6.54 Å². The Morgan fingerprint density at radius 2 is 1.92 bits per heavy atom. The number of nitrogens with two attached hydrogens (primary N) is 1. The lowest BCUT2D eigenvalue weighted by molar-refractivity contribution is -0.173. The van der Waals surface area contributed by atoms with Crippen LogP contribution in [-0.2, 0) is 17.5 Å². The van der Waals surface area contributed by atoms with Gasteiger partial charge in [0.25, 0.3) is 0 Å². The summed E-state index contributed by atoms with van der Waals surface area (Å²) in [4.78, 5) is 24.9. The molecule has 9 heteroatoms. The van der Waals surface area contributed by atoms with Crippen LogP contribution in [0.5, 0.6) is 0 Å². The van der Waals surface area contributed by atoms with E-state index in [1.54, 1.807) is 4.90 Å². The van der Waals surface area contributed by atoms with Gasteiger partial charge in [-0.15, -0.1) is 0 Å². The number of alkyl halides is 3. The molecule has 3 N–H and O–H groups in total. The van der Waals surface area contributed by atoms with E-state index in [-0.39, 0.29) is 29.6 Å². The van der Waals surface area contributed by atoms with Crippen LogP contribution < -0.4 is 11.1 Å². The summed E-state index contributed by atoms with van der Waals surface area (Å²) in [5.74, 6) is 0.204. The van der Waals surface area contributed by atoms with Crippen molar-refractivity contribution in [3.8, 4) is 0 Å². The lowest BCUT2D eigenvalue weighted by atomic mass is 9.49. The molecule has 4 rings (SSSR count). The van der Waals surface area contributed by atoms with Gasteiger partial charge in [-0.05, 0) is 48.9 Å². The number of nitrogens with zero attached hydrogens (tertiary/aromatic N) is 1. The predicted octanol–water partition coefficient (Wildman–Crippen LogP) is 2.91. The average molecular weight is 376 g/mol. The molecule has 0 heterocycles. The van der Waals surface area contributed by atoms with Crippen LogP contribution in [0.1, 0.15) is 30.4 Å². The maximum atomic E-state index is 13.0. The van der Waals surface area contributed by atoms with Crippen LogP contribution in [0.25, 0.3) is 0 Å². The summed E-state index contributed by atoms with van der Waals surface area (Å²) < 4.78 is 38.9. The summed E-state index contributed by atoms with van der Waals surface area (Å²) in [6.07, 6.45) is -2.01. The molecule has 2 bridgehead atoms. The summed E-state index contributed by atoms with van der Waals surface area (Å²) in [7, 11) is 0. The van der Waals surface area contributed by atoms with E-state index >= 15 is 0 Å². The number of halogens is 4. The van der Waals surface area contributed by atoms with Crippen molar-refractivity contribution >= 4 is 23.5 Å². The van der Waals surface area contributed by atoms with E-state index in [0.29, 0.717) is 11.5 Å². The molecule has 0 radical (unpaired) electrons.